The second-order valence-corrected chi connectivity index (χ2v) is 35.4. The summed E-state index contributed by atoms with van der Waals surface area (Å²) in [6.45, 7) is 51.6. The second-order valence-electron chi connectivity index (χ2n) is 35.4. The van der Waals surface area contributed by atoms with Gasteiger partial charge in [0.05, 0.1) is 5.69 Å². The van der Waals surface area contributed by atoms with E-state index in [-0.39, 0.29) is 55.4 Å². The van der Waals surface area contributed by atoms with Crippen LogP contribution in [-0.4, -0.2) is 6.71 Å². The van der Waals surface area contributed by atoms with E-state index in [4.69, 9.17) is 0 Å². The summed E-state index contributed by atoms with van der Waals surface area (Å²) in [4.78, 5) is 8.15. The Bertz CT molecular complexity index is 4200. The van der Waals surface area contributed by atoms with Gasteiger partial charge < -0.3 is 14.7 Å². The van der Waals surface area contributed by atoms with Gasteiger partial charge in [-0.1, -0.05) is 198 Å². The molecule has 3 nitrogen and oxygen atoms in total. The molecular weight excluding hydrogens is 1090 g/mol. The van der Waals surface area contributed by atoms with Crippen molar-refractivity contribution in [2.75, 3.05) is 14.7 Å². The standard InChI is InChI=1S/C86H102BN3/c1-53-43-75-77-76(44-53)90(72-51-67-63(45-54(72)2)81(10,11)39-41-85(67,18)19)73-49-59(88(57-28-31-61-64(47-57)82(12,13)37-35-79(61,6)7)58-29-32-62-65(48-58)83(14,15)38-36-80(62,8)9)30-33-69(73)87(77)70-50-66-68(86(20,21)42-40-84(66,16)17)52-74(70)89(75)71-34-27-56(78(3,4)5)46-60(71)55-25-23-22-24-26-55/h22-34,43-52H,35-42H2,1-21H3. The summed E-state index contributed by atoms with van der Waals surface area (Å²) in [5, 5.41) is 0. The fraction of sp³-hybridized carbons (Fsp3) is 0.442. The van der Waals surface area contributed by atoms with Gasteiger partial charge in [0.1, 0.15) is 0 Å². The van der Waals surface area contributed by atoms with Crippen molar-refractivity contribution in [3.05, 3.63) is 201 Å². The normalized spacial score (nSPS) is 20.3. The number of anilines is 9. The SMILES string of the molecule is Cc1cc2c3c(c1)N(c1ccc(C(C)(C)C)cc1-c1ccccc1)c1cc4c(cc1B3c1ccc(N(c3ccc5c(c3)C(C)(C)CCC5(C)C)c3ccc5c(c3)C(C)(C)CCC5(C)C)cc1N2c1cc2c(cc1C)C(C)(C)CCC2(C)C)C(C)(C)CCC4(C)C. The highest BCUT2D eigenvalue weighted by atomic mass is 15.2. The zero-order chi connectivity index (χ0) is 64.2. The van der Waals surface area contributed by atoms with E-state index in [9.17, 15) is 0 Å². The molecule has 0 amide bonds. The van der Waals surface area contributed by atoms with Gasteiger partial charge >= 0.3 is 0 Å². The van der Waals surface area contributed by atoms with Gasteiger partial charge in [-0.25, -0.2) is 0 Å². The Hall–Kier alpha value is -6.78. The van der Waals surface area contributed by atoms with Gasteiger partial charge in [0.2, 0.25) is 0 Å². The molecule has 2 aliphatic heterocycles. The molecule has 8 aromatic rings. The minimum Gasteiger partial charge on any atom is -0.311 e. The number of rotatable bonds is 6. The quantitative estimate of drug-likeness (QED) is 0.154. The van der Waals surface area contributed by atoms with Crippen LogP contribution in [0.25, 0.3) is 11.1 Å². The van der Waals surface area contributed by atoms with Gasteiger partial charge in [0.15, 0.2) is 0 Å². The summed E-state index contributed by atoms with van der Waals surface area (Å²) >= 11 is 0. The summed E-state index contributed by atoms with van der Waals surface area (Å²) in [5.41, 5.74) is 34.0. The number of benzene rings is 8. The van der Waals surface area contributed by atoms with Crippen LogP contribution < -0.4 is 31.1 Å². The van der Waals surface area contributed by atoms with Gasteiger partial charge in [0, 0.05) is 51.1 Å². The van der Waals surface area contributed by atoms with E-state index in [1.165, 1.54) is 159 Å². The van der Waals surface area contributed by atoms with E-state index >= 15 is 0 Å². The Morgan fingerprint density at radius 3 is 1.23 bits per heavy atom. The van der Waals surface area contributed by atoms with Crippen LogP contribution in [0.1, 0.15) is 244 Å². The Kier molecular flexibility index (Phi) is 13.4. The predicted molar refractivity (Wildman–Crippen MR) is 390 cm³/mol. The summed E-state index contributed by atoms with van der Waals surface area (Å²) in [6, 6.07) is 57.3. The molecule has 4 aliphatic carbocycles. The van der Waals surface area contributed by atoms with Crippen molar-refractivity contribution < 1.29 is 0 Å². The molecule has 0 saturated carbocycles. The highest BCUT2D eigenvalue weighted by Gasteiger charge is 2.49. The van der Waals surface area contributed by atoms with Crippen LogP contribution in [0.4, 0.5) is 51.2 Å². The third-order valence-electron chi connectivity index (χ3n) is 24.2. The molecule has 464 valence electrons. The first-order valence-corrected chi connectivity index (χ1v) is 34.5. The Morgan fingerprint density at radius 2 is 0.744 bits per heavy atom. The van der Waals surface area contributed by atoms with Crippen LogP contribution in [0.15, 0.2) is 140 Å². The van der Waals surface area contributed by atoms with Crippen molar-refractivity contribution in [2.45, 2.75) is 245 Å². The molecule has 0 saturated heterocycles. The van der Waals surface area contributed by atoms with Crippen molar-refractivity contribution in [1.29, 1.82) is 0 Å². The second kappa shape index (κ2) is 19.9. The Morgan fingerprint density at radius 1 is 0.344 bits per heavy atom. The third kappa shape index (κ3) is 9.45. The molecular formula is C86H102BN3. The van der Waals surface area contributed by atoms with Gasteiger partial charge in [-0.15, -0.1) is 0 Å². The Balaban J connectivity index is 1.10. The average molecular weight is 1190 g/mol. The van der Waals surface area contributed by atoms with Gasteiger partial charge in [-0.05, 0) is 270 Å². The molecule has 0 spiro atoms. The van der Waals surface area contributed by atoms with Gasteiger partial charge in [-0.2, -0.15) is 0 Å². The van der Waals surface area contributed by atoms with E-state index < -0.39 is 0 Å². The van der Waals surface area contributed by atoms with Gasteiger partial charge in [-0.3, -0.25) is 0 Å². The minimum absolute atomic E-state index is 0.00278. The monoisotopic (exact) mass is 1190 g/mol. The Labute approximate surface area is 543 Å². The molecule has 0 atom stereocenters. The van der Waals surface area contributed by atoms with Crippen LogP contribution in [-0.2, 0) is 48.7 Å². The van der Waals surface area contributed by atoms with Crippen LogP contribution in [0, 0.1) is 13.8 Å². The molecule has 0 aromatic heterocycles. The average Bonchev–Trinajstić information content (AvgIpc) is 0.710. The topological polar surface area (TPSA) is 9.72 Å². The maximum atomic E-state index is 2.76. The first kappa shape index (κ1) is 60.8. The molecule has 4 heteroatoms. The van der Waals surface area contributed by atoms with Crippen molar-refractivity contribution in [3.8, 4) is 11.1 Å². The lowest BCUT2D eigenvalue weighted by Gasteiger charge is -2.48. The lowest BCUT2D eigenvalue weighted by molar-refractivity contribution is 0.332. The molecule has 0 N–H and O–H groups in total. The molecule has 0 unspecified atom stereocenters. The smallest absolute Gasteiger partial charge is 0.252 e. The highest BCUT2D eigenvalue weighted by Crippen LogP contribution is 2.57. The number of hydrogen-bond donors (Lipinski definition) is 0. The molecule has 0 bridgehead atoms. The number of fused-ring (bicyclic) bond motifs is 8. The van der Waals surface area contributed by atoms with Crippen LogP contribution >= 0.6 is 0 Å². The summed E-state index contributed by atoms with van der Waals surface area (Å²) in [5.74, 6) is 0. The molecule has 0 fully saturated rings. The van der Waals surface area contributed by atoms with Gasteiger partial charge in [0.25, 0.3) is 6.71 Å². The summed E-state index contributed by atoms with van der Waals surface area (Å²) < 4.78 is 0. The van der Waals surface area contributed by atoms with E-state index in [1.54, 1.807) is 0 Å². The van der Waals surface area contributed by atoms with Crippen LogP contribution in [0.2, 0.25) is 0 Å². The van der Waals surface area contributed by atoms with Crippen LogP contribution in [0.5, 0.6) is 0 Å². The van der Waals surface area contributed by atoms with Crippen molar-refractivity contribution in [1.82, 2.24) is 0 Å². The fourth-order valence-electron chi connectivity index (χ4n) is 17.7. The van der Waals surface area contributed by atoms with Crippen molar-refractivity contribution >= 4 is 74.3 Å². The highest BCUT2D eigenvalue weighted by molar-refractivity contribution is 7.00. The first-order valence-electron chi connectivity index (χ1n) is 34.5. The lowest BCUT2D eigenvalue weighted by Crippen LogP contribution is -2.62. The zero-order valence-electron chi connectivity index (χ0n) is 58.9. The predicted octanol–water partition coefficient (Wildman–Crippen LogP) is 22.2. The molecule has 2 heterocycles. The summed E-state index contributed by atoms with van der Waals surface area (Å²) in [7, 11) is 0. The van der Waals surface area contributed by atoms with E-state index in [1.807, 2.05) is 0 Å². The van der Waals surface area contributed by atoms with E-state index in [0.717, 1.165) is 32.1 Å². The van der Waals surface area contributed by atoms with E-state index in [2.05, 4.69) is 300 Å². The van der Waals surface area contributed by atoms with Crippen LogP contribution in [0.3, 0.4) is 0 Å². The lowest BCUT2D eigenvalue weighted by atomic mass is 9.33. The van der Waals surface area contributed by atoms with Crippen molar-refractivity contribution in [2.24, 2.45) is 0 Å². The zero-order valence-corrected chi connectivity index (χ0v) is 58.9. The number of hydrogen-bond acceptors (Lipinski definition) is 3. The number of aryl methyl sites for hydroxylation is 2. The maximum absolute atomic E-state index is 2.76. The molecule has 8 aromatic carbocycles. The maximum Gasteiger partial charge on any atom is 0.252 e. The fourth-order valence-corrected chi connectivity index (χ4v) is 17.7. The minimum atomic E-state index is -0.0531. The molecule has 90 heavy (non-hydrogen) atoms. The van der Waals surface area contributed by atoms with E-state index in [0.29, 0.717) is 0 Å². The molecule has 6 aliphatic rings. The molecule has 0 radical (unpaired) electrons. The third-order valence-corrected chi connectivity index (χ3v) is 24.2. The first-order chi connectivity index (χ1) is 42.0. The number of nitrogens with zero attached hydrogens (tertiary/aromatic N) is 3. The van der Waals surface area contributed by atoms with Crippen molar-refractivity contribution in [3.63, 3.8) is 0 Å². The summed E-state index contributed by atoms with van der Waals surface area (Å²) in [6.07, 6.45) is 9.31. The molecule has 14 rings (SSSR count). The largest absolute Gasteiger partial charge is 0.311 e.